The molecule has 0 saturated heterocycles. The maximum Gasteiger partial charge on any atom is 0.243 e. The Morgan fingerprint density at radius 3 is 3.12 bits per heavy atom. The molecule has 0 aromatic carbocycles. The third-order valence-corrected chi connectivity index (χ3v) is 2.57. The second kappa shape index (κ2) is 3.68. The summed E-state index contributed by atoms with van der Waals surface area (Å²) in [5.74, 6) is 0. The highest BCUT2D eigenvalue weighted by Gasteiger charge is 2.08. The average molecular weight is 237 g/mol. The number of rotatable bonds is 1. The van der Waals surface area contributed by atoms with E-state index in [1.54, 1.807) is 10.8 Å². The molecule has 0 fully saturated rings. The third kappa shape index (κ3) is 1.59. The van der Waals surface area contributed by atoms with Gasteiger partial charge in [0.25, 0.3) is 0 Å². The molecule has 0 aliphatic carbocycles. The quantitative estimate of drug-likeness (QED) is 0.756. The molecule has 2 aromatic rings. The zero-order valence-corrected chi connectivity index (χ0v) is 9.13. The van der Waals surface area contributed by atoms with Crippen LogP contribution in [0.3, 0.4) is 0 Å². The van der Waals surface area contributed by atoms with E-state index in [1.807, 2.05) is 24.5 Å². The Morgan fingerprint density at radius 1 is 1.38 bits per heavy atom. The molecule has 3 rings (SSSR count). The summed E-state index contributed by atoms with van der Waals surface area (Å²) >= 11 is 5.73. The fraction of sp³-hybridized carbons (Fsp3) is 0.200. The van der Waals surface area contributed by atoms with Crippen molar-refractivity contribution < 1.29 is 4.74 Å². The molecule has 1 aliphatic rings. The Kier molecular flexibility index (Phi) is 2.18. The van der Waals surface area contributed by atoms with Crippen LogP contribution in [0.2, 0.25) is 5.28 Å². The van der Waals surface area contributed by atoms with Gasteiger partial charge in [0.1, 0.15) is 6.61 Å². The maximum atomic E-state index is 5.73. The van der Waals surface area contributed by atoms with Crippen LogP contribution in [0.5, 0.6) is 0 Å². The average Bonchev–Trinajstić information content (AvgIpc) is 2.69. The highest BCUT2D eigenvalue weighted by Crippen LogP contribution is 2.17. The van der Waals surface area contributed by atoms with Crippen molar-refractivity contribution in [3.05, 3.63) is 36.1 Å². The Morgan fingerprint density at radius 2 is 2.31 bits per heavy atom. The summed E-state index contributed by atoms with van der Waals surface area (Å²) in [4.78, 5) is 6.14. The Bertz CT molecular complexity index is 551. The van der Waals surface area contributed by atoms with E-state index in [9.17, 15) is 0 Å². The van der Waals surface area contributed by atoms with Crippen molar-refractivity contribution in [2.75, 3.05) is 18.1 Å². The van der Waals surface area contributed by atoms with Crippen LogP contribution in [-0.4, -0.2) is 27.7 Å². The van der Waals surface area contributed by atoms with Crippen LogP contribution in [0.25, 0.3) is 5.65 Å². The van der Waals surface area contributed by atoms with Gasteiger partial charge in [-0.3, -0.25) is 0 Å². The molecule has 0 radical (unpaired) electrons. The summed E-state index contributed by atoms with van der Waals surface area (Å²) in [6.07, 6.45) is 5.47. The van der Waals surface area contributed by atoms with E-state index >= 15 is 0 Å². The predicted molar refractivity (Wildman–Crippen MR) is 60.4 cm³/mol. The van der Waals surface area contributed by atoms with E-state index in [1.165, 1.54) is 0 Å². The first-order valence-corrected chi connectivity index (χ1v) is 5.27. The minimum Gasteiger partial charge on any atom is -0.498 e. The Labute approximate surface area is 96.9 Å². The monoisotopic (exact) mass is 236 g/mol. The highest BCUT2D eigenvalue weighted by atomic mass is 35.5. The van der Waals surface area contributed by atoms with E-state index in [2.05, 4.69) is 15.0 Å². The standard InChI is InChI=1S/C10H9ClN4O/c11-10-12-9-2-1-8(7-15(9)13-10)14-3-5-16-6-4-14/h1-3,5,7H,4,6H2. The second-order valence-corrected chi connectivity index (χ2v) is 3.76. The van der Waals surface area contributed by atoms with Crippen molar-refractivity contribution in [3.63, 3.8) is 0 Å². The van der Waals surface area contributed by atoms with Crippen molar-refractivity contribution in [1.29, 1.82) is 0 Å². The van der Waals surface area contributed by atoms with Gasteiger partial charge >= 0.3 is 0 Å². The molecule has 0 unspecified atom stereocenters. The molecule has 0 amide bonds. The Hall–Kier alpha value is -1.75. The summed E-state index contributed by atoms with van der Waals surface area (Å²) in [6.45, 7) is 1.51. The van der Waals surface area contributed by atoms with Crippen molar-refractivity contribution in [2.45, 2.75) is 0 Å². The number of fused-ring (bicyclic) bond motifs is 1. The summed E-state index contributed by atoms with van der Waals surface area (Å²) in [5.41, 5.74) is 1.78. The molecular weight excluding hydrogens is 228 g/mol. The van der Waals surface area contributed by atoms with Crippen LogP contribution < -0.4 is 4.90 Å². The minimum absolute atomic E-state index is 0.259. The molecule has 0 bridgehead atoms. The van der Waals surface area contributed by atoms with Crippen LogP contribution in [0.4, 0.5) is 5.69 Å². The fourth-order valence-corrected chi connectivity index (χ4v) is 1.81. The normalized spacial score (nSPS) is 15.4. The summed E-state index contributed by atoms with van der Waals surface area (Å²) in [6, 6.07) is 3.87. The molecule has 0 N–H and O–H groups in total. The summed E-state index contributed by atoms with van der Waals surface area (Å²) in [5, 5.41) is 4.32. The Balaban J connectivity index is 2.03. The van der Waals surface area contributed by atoms with Crippen molar-refractivity contribution in [3.8, 4) is 0 Å². The molecule has 0 saturated carbocycles. The SMILES string of the molecule is Clc1nc2ccc(N3C=COCC3)cn2n1. The van der Waals surface area contributed by atoms with Gasteiger partial charge in [-0.05, 0) is 23.7 Å². The van der Waals surface area contributed by atoms with Gasteiger partial charge < -0.3 is 9.64 Å². The first-order chi connectivity index (χ1) is 7.83. The lowest BCUT2D eigenvalue weighted by Crippen LogP contribution is -2.24. The molecule has 0 spiro atoms. The van der Waals surface area contributed by atoms with Gasteiger partial charge in [-0.1, -0.05) is 0 Å². The number of aromatic nitrogens is 3. The second-order valence-electron chi connectivity index (χ2n) is 3.42. The predicted octanol–water partition coefficient (Wildman–Crippen LogP) is 1.69. The van der Waals surface area contributed by atoms with Crippen molar-refractivity contribution >= 4 is 22.9 Å². The van der Waals surface area contributed by atoms with Gasteiger partial charge in [-0.25, -0.2) is 4.52 Å². The van der Waals surface area contributed by atoms with E-state index in [0.29, 0.717) is 6.61 Å². The largest absolute Gasteiger partial charge is 0.498 e. The smallest absolute Gasteiger partial charge is 0.243 e. The van der Waals surface area contributed by atoms with E-state index in [4.69, 9.17) is 16.3 Å². The number of pyridine rings is 1. The zero-order valence-electron chi connectivity index (χ0n) is 8.38. The number of anilines is 1. The molecule has 0 atom stereocenters. The fourth-order valence-electron chi connectivity index (χ4n) is 1.64. The first kappa shape index (κ1) is 9.47. The van der Waals surface area contributed by atoms with Gasteiger partial charge in [0, 0.05) is 6.20 Å². The number of nitrogens with zero attached hydrogens (tertiary/aromatic N) is 4. The van der Waals surface area contributed by atoms with Gasteiger partial charge in [0.05, 0.1) is 24.7 Å². The number of ether oxygens (including phenoxy) is 1. The molecule has 5 nitrogen and oxygen atoms in total. The molecule has 6 heteroatoms. The van der Waals surface area contributed by atoms with Gasteiger partial charge in [0.15, 0.2) is 5.65 Å². The summed E-state index contributed by atoms with van der Waals surface area (Å²) < 4.78 is 6.80. The van der Waals surface area contributed by atoms with Gasteiger partial charge in [-0.2, -0.15) is 4.98 Å². The maximum absolute atomic E-state index is 5.73. The van der Waals surface area contributed by atoms with Crippen LogP contribution in [0, 0.1) is 0 Å². The van der Waals surface area contributed by atoms with Crippen molar-refractivity contribution in [2.24, 2.45) is 0 Å². The summed E-state index contributed by atoms with van der Waals surface area (Å²) in [7, 11) is 0. The number of hydrogen-bond donors (Lipinski definition) is 0. The van der Waals surface area contributed by atoms with E-state index in [0.717, 1.165) is 17.9 Å². The van der Waals surface area contributed by atoms with E-state index in [-0.39, 0.29) is 5.28 Å². The van der Waals surface area contributed by atoms with Crippen LogP contribution >= 0.6 is 11.6 Å². The van der Waals surface area contributed by atoms with E-state index < -0.39 is 0 Å². The molecule has 1 aliphatic heterocycles. The highest BCUT2D eigenvalue weighted by molar-refractivity contribution is 6.28. The topological polar surface area (TPSA) is 42.7 Å². The molecule has 2 aromatic heterocycles. The third-order valence-electron chi connectivity index (χ3n) is 2.41. The molecule has 16 heavy (non-hydrogen) atoms. The van der Waals surface area contributed by atoms with Gasteiger partial charge in [0.2, 0.25) is 5.28 Å². The lowest BCUT2D eigenvalue weighted by molar-refractivity contribution is 0.245. The first-order valence-electron chi connectivity index (χ1n) is 4.90. The zero-order chi connectivity index (χ0) is 11.0. The van der Waals surface area contributed by atoms with Crippen LogP contribution in [0.1, 0.15) is 0 Å². The van der Waals surface area contributed by atoms with Gasteiger partial charge in [-0.15, -0.1) is 5.10 Å². The molecule has 3 heterocycles. The lowest BCUT2D eigenvalue weighted by Gasteiger charge is -2.23. The van der Waals surface area contributed by atoms with Crippen LogP contribution in [0.15, 0.2) is 30.8 Å². The van der Waals surface area contributed by atoms with Crippen molar-refractivity contribution in [1.82, 2.24) is 14.6 Å². The lowest BCUT2D eigenvalue weighted by atomic mass is 10.3. The minimum atomic E-state index is 0.259. The molecular formula is C10H9ClN4O. The number of hydrogen-bond acceptors (Lipinski definition) is 4. The number of halogens is 1. The van der Waals surface area contributed by atoms with Crippen LogP contribution in [-0.2, 0) is 4.74 Å². The molecule has 82 valence electrons.